The molecular weight excluding hydrogens is 275 g/mol. The molecule has 13 heavy (non-hydrogen) atoms. The minimum Gasteiger partial charge on any atom is -1.00 e. The van der Waals surface area contributed by atoms with E-state index in [2.05, 4.69) is 23.7 Å². The fourth-order valence-corrected chi connectivity index (χ4v) is 1.66. The summed E-state index contributed by atoms with van der Waals surface area (Å²) in [6.45, 7) is 8.03. The van der Waals surface area contributed by atoms with Crippen LogP contribution in [-0.4, -0.2) is 30.0 Å². The van der Waals surface area contributed by atoms with Crippen molar-refractivity contribution in [3.63, 3.8) is 0 Å². The Hall–Kier alpha value is 0.200. The van der Waals surface area contributed by atoms with Gasteiger partial charge < -0.3 is 24.0 Å². The molecule has 0 aromatic rings. The number of nitrogens with zero attached hydrogens (tertiary/aromatic N) is 1. The van der Waals surface area contributed by atoms with Crippen LogP contribution in [0.2, 0.25) is 0 Å². The largest absolute Gasteiger partial charge is 1.00 e. The average molecular weight is 296 g/mol. The van der Waals surface area contributed by atoms with Gasteiger partial charge in [0.05, 0.1) is 6.54 Å². The van der Waals surface area contributed by atoms with Crippen LogP contribution in [0.1, 0.15) is 39.5 Å². The number of rotatable bonds is 5. The second kappa shape index (κ2) is 7.59. The van der Waals surface area contributed by atoms with E-state index in [4.69, 9.17) is 0 Å². The zero-order valence-electron chi connectivity index (χ0n) is 8.77. The molecule has 0 saturated heterocycles. The lowest BCUT2D eigenvalue weighted by molar-refractivity contribution is -0.518. The molecule has 0 atom stereocenters. The number of unbranched alkanes of at least 4 members (excludes halogenated alkanes) is 3. The number of halogens is 1. The molecule has 78 valence electrons. The lowest BCUT2D eigenvalue weighted by Crippen LogP contribution is -3.00. The van der Waals surface area contributed by atoms with E-state index < -0.39 is 0 Å². The first-order chi connectivity index (χ1) is 5.84. The van der Waals surface area contributed by atoms with E-state index in [0.717, 1.165) is 6.54 Å². The van der Waals surface area contributed by atoms with Gasteiger partial charge in [0, 0.05) is 6.92 Å². The number of amidine groups is 1. The van der Waals surface area contributed by atoms with Crippen molar-refractivity contribution in [2.45, 2.75) is 39.5 Å². The van der Waals surface area contributed by atoms with Crippen molar-refractivity contribution in [2.75, 3.05) is 19.6 Å². The molecule has 0 fully saturated rings. The van der Waals surface area contributed by atoms with Crippen LogP contribution in [0.5, 0.6) is 0 Å². The van der Waals surface area contributed by atoms with Crippen molar-refractivity contribution in [1.29, 1.82) is 0 Å². The van der Waals surface area contributed by atoms with Crippen LogP contribution >= 0.6 is 0 Å². The third kappa shape index (κ3) is 4.84. The molecule has 0 bridgehead atoms. The Morgan fingerprint density at radius 2 is 2.08 bits per heavy atom. The number of hydrogen-bond donors (Lipinski definition) is 1. The topological polar surface area (TPSA) is 15.0 Å². The molecule has 0 radical (unpaired) electrons. The average Bonchev–Trinajstić information content (AvgIpc) is 2.46. The lowest BCUT2D eigenvalue weighted by atomic mass is 10.2. The normalized spacial score (nSPS) is 15.5. The SMILES string of the molecule is CCCCCC[N+]1=C(C)NCC1.[I-]. The highest BCUT2D eigenvalue weighted by Gasteiger charge is 2.14. The predicted molar refractivity (Wildman–Crippen MR) is 52.8 cm³/mol. The van der Waals surface area contributed by atoms with Gasteiger partial charge in [0.2, 0.25) is 5.84 Å². The molecule has 0 aromatic heterocycles. The quantitative estimate of drug-likeness (QED) is 0.375. The Morgan fingerprint density at radius 3 is 2.62 bits per heavy atom. The van der Waals surface area contributed by atoms with Crippen molar-refractivity contribution in [3.05, 3.63) is 0 Å². The highest BCUT2D eigenvalue weighted by molar-refractivity contribution is 5.75. The Morgan fingerprint density at radius 1 is 1.31 bits per heavy atom. The Bertz CT molecular complexity index is 166. The van der Waals surface area contributed by atoms with Gasteiger partial charge in [0.1, 0.15) is 13.1 Å². The molecule has 0 aliphatic carbocycles. The number of nitrogens with one attached hydrogen (secondary N) is 1. The minimum atomic E-state index is 0. The van der Waals surface area contributed by atoms with Crippen LogP contribution in [0.4, 0.5) is 0 Å². The van der Waals surface area contributed by atoms with Crippen LogP contribution in [0.3, 0.4) is 0 Å². The first-order valence-electron chi connectivity index (χ1n) is 5.17. The van der Waals surface area contributed by atoms with E-state index in [9.17, 15) is 0 Å². The highest BCUT2D eigenvalue weighted by Crippen LogP contribution is 1.99. The summed E-state index contributed by atoms with van der Waals surface area (Å²) in [7, 11) is 0. The second-order valence-electron chi connectivity index (χ2n) is 3.56. The molecule has 3 heteroatoms. The second-order valence-corrected chi connectivity index (χ2v) is 3.56. The van der Waals surface area contributed by atoms with Gasteiger partial charge in [-0.3, -0.25) is 9.89 Å². The fraction of sp³-hybridized carbons (Fsp3) is 0.900. The van der Waals surface area contributed by atoms with E-state index in [1.807, 2.05) is 0 Å². The molecule has 0 spiro atoms. The Kier molecular flexibility index (Phi) is 7.71. The summed E-state index contributed by atoms with van der Waals surface area (Å²) >= 11 is 0. The monoisotopic (exact) mass is 296 g/mol. The van der Waals surface area contributed by atoms with E-state index in [-0.39, 0.29) is 24.0 Å². The van der Waals surface area contributed by atoms with Crippen LogP contribution in [-0.2, 0) is 0 Å². The maximum atomic E-state index is 3.35. The van der Waals surface area contributed by atoms with Gasteiger partial charge >= 0.3 is 0 Å². The standard InChI is InChI=1S/C10H20N2.HI/c1-3-4-5-6-8-12-9-7-11-10(12)2;/h3-9H2,1-2H3;1H. The Labute approximate surface area is 98.8 Å². The molecule has 2 nitrogen and oxygen atoms in total. The van der Waals surface area contributed by atoms with Crippen LogP contribution in [0.25, 0.3) is 0 Å². The first-order valence-corrected chi connectivity index (χ1v) is 5.17. The summed E-state index contributed by atoms with van der Waals surface area (Å²) in [5, 5.41) is 3.35. The third-order valence-electron chi connectivity index (χ3n) is 2.52. The van der Waals surface area contributed by atoms with Crippen LogP contribution in [0, 0.1) is 0 Å². The number of hydrogen-bond acceptors (Lipinski definition) is 1. The Balaban J connectivity index is 0.00000144. The third-order valence-corrected chi connectivity index (χ3v) is 2.52. The van der Waals surface area contributed by atoms with Crippen molar-refractivity contribution in [2.24, 2.45) is 0 Å². The van der Waals surface area contributed by atoms with Gasteiger partial charge in [-0.05, 0) is 12.8 Å². The van der Waals surface area contributed by atoms with Crippen molar-refractivity contribution in [1.82, 2.24) is 5.32 Å². The highest BCUT2D eigenvalue weighted by atomic mass is 127. The van der Waals surface area contributed by atoms with Gasteiger partial charge in [0.15, 0.2) is 0 Å². The summed E-state index contributed by atoms with van der Waals surface area (Å²) in [5.41, 5.74) is 0. The van der Waals surface area contributed by atoms with Crippen molar-refractivity contribution >= 4 is 5.84 Å². The molecule has 1 aliphatic rings. The van der Waals surface area contributed by atoms with Gasteiger partial charge in [-0.15, -0.1) is 0 Å². The maximum absolute atomic E-state index is 3.35. The first kappa shape index (κ1) is 13.2. The predicted octanol–water partition coefficient (Wildman–Crippen LogP) is -1.40. The van der Waals surface area contributed by atoms with Crippen LogP contribution < -0.4 is 29.3 Å². The van der Waals surface area contributed by atoms with Crippen molar-refractivity contribution < 1.29 is 28.6 Å². The molecule has 0 amide bonds. The van der Waals surface area contributed by atoms with E-state index in [0.29, 0.717) is 0 Å². The lowest BCUT2D eigenvalue weighted by Gasteiger charge is -2.00. The molecule has 0 unspecified atom stereocenters. The zero-order chi connectivity index (χ0) is 8.81. The van der Waals surface area contributed by atoms with Crippen molar-refractivity contribution in [3.8, 4) is 0 Å². The fourth-order valence-electron chi connectivity index (χ4n) is 1.66. The summed E-state index contributed by atoms with van der Waals surface area (Å²) in [4.78, 5) is 0. The van der Waals surface area contributed by atoms with E-state index in [1.54, 1.807) is 0 Å². The summed E-state index contributed by atoms with van der Waals surface area (Å²) in [5.74, 6) is 1.37. The minimum absolute atomic E-state index is 0. The van der Waals surface area contributed by atoms with Gasteiger partial charge in [-0.25, -0.2) is 0 Å². The summed E-state index contributed by atoms with van der Waals surface area (Å²) < 4.78 is 2.45. The molecule has 1 N–H and O–H groups in total. The molecule has 1 heterocycles. The molecule has 0 saturated carbocycles. The molecular formula is C10H21IN2. The molecule has 1 aliphatic heterocycles. The maximum Gasteiger partial charge on any atom is 0.241 e. The summed E-state index contributed by atoms with van der Waals surface area (Å²) in [6, 6.07) is 0. The molecule has 0 aromatic carbocycles. The van der Waals surface area contributed by atoms with Gasteiger partial charge in [0.25, 0.3) is 0 Å². The van der Waals surface area contributed by atoms with Gasteiger partial charge in [-0.2, -0.15) is 0 Å². The zero-order valence-corrected chi connectivity index (χ0v) is 10.9. The summed E-state index contributed by atoms with van der Waals surface area (Å²) in [6.07, 6.45) is 5.47. The van der Waals surface area contributed by atoms with E-state index in [1.165, 1.54) is 44.6 Å². The smallest absolute Gasteiger partial charge is 0.241 e. The molecule has 1 rings (SSSR count). The van der Waals surface area contributed by atoms with Crippen LogP contribution in [0.15, 0.2) is 0 Å². The van der Waals surface area contributed by atoms with E-state index >= 15 is 0 Å². The van der Waals surface area contributed by atoms with Gasteiger partial charge in [-0.1, -0.05) is 19.8 Å².